The van der Waals surface area contributed by atoms with E-state index >= 15 is 0 Å². The van der Waals surface area contributed by atoms with Crippen LogP contribution in [0.4, 0.5) is 0 Å². The fourth-order valence-corrected chi connectivity index (χ4v) is 1.16. The van der Waals surface area contributed by atoms with E-state index in [9.17, 15) is 0 Å². The first-order chi connectivity index (χ1) is 7.29. The van der Waals surface area contributed by atoms with Crippen LogP contribution in [0.15, 0.2) is 6.33 Å². The average molecular weight is 233 g/mol. The lowest BCUT2D eigenvalue weighted by molar-refractivity contribution is 0.107. The average Bonchev–Trinajstić information content (AvgIpc) is 2.24. The van der Waals surface area contributed by atoms with E-state index in [-0.39, 0.29) is 5.15 Å². The van der Waals surface area contributed by atoms with Crippen molar-refractivity contribution in [3.05, 3.63) is 11.5 Å². The summed E-state index contributed by atoms with van der Waals surface area (Å²) >= 11 is 5.78. The zero-order chi connectivity index (χ0) is 11.1. The minimum Gasteiger partial charge on any atom is -0.489 e. The lowest BCUT2D eigenvalue weighted by Gasteiger charge is -2.09. The van der Waals surface area contributed by atoms with Gasteiger partial charge in [-0.05, 0) is 6.92 Å². The molecule has 0 aliphatic heterocycles. The molecule has 0 atom stereocenters. The van der Waals surface area contributed by atoms with E-state index in [1.807, 2.05) is 6.92 Å². The van der Waals surface area contributed by atoms with E-state index in [2.05, 4.69) is 9.97 Å². The number of halogens is 1. The van der Waals surface area contributed by atoms with Crippen molar-refractivity contribution in [2.75, 3.05) is 26.9 Å². The van der Waals surface area contributed by atoms with Crippen LogP contribution in [-0.2, 0) is 4.74 Å². The van der Waals surface area contributed by atoms with E-state index < -0.39 is 0 Å². The second kappa shape index (κ2) is 6.42. The van der Waals surface area contributed by atoms with Gasteiger partial charge in [0.1, 0.15) is 12.9 Å². The van der Waals surface area contributed by atoms with Crippen LogP contribution in [0.2, 0.25) is 5.15 Å². The molecule has 0 aliphatic carbocycles. The van der Waals surface area contributed by atoms with Gasteiger partial charge in [-0.3, -0.25) is 0 Å². The molecule has 0 aromatic carbocycles. The molecule has 0 unspecified atom stereocenters. The molecule has 5 nitrogen and oxygen atoms in total. The first-order valence-corrected chi connectivity index (χ1v) is 4.92. The summed E-state index contributed by atoms with van der Waals surface area (Å²) in [6.45, 7) is 3.48. The molecule has 0 N–H and O–H groups in total. The Morgan fingerprint density at radius 2 is 2.13 bits per heavy atom. The summed E-state index contributed by atoms with van der Waals surface area (Å²) in [5.74, 6) is 0.674. The highest BCUT2D eigenvalue weighted by molar-refractivity contribution is 6.31. The second-order valence-electron chi connectivity index (χ2n) is 2.55. The van der Waals surface area contributed by atoms with E-state index in [4.69, 9.17) is 25.8 Å². The van der Waals surface area contributed by atoms with Gasteiger partial charge in [-0.1, -0.05) is 11.6 Å². The molecule has 15 heavy (non-hydrogen) atoms. The van der Waals surface area contributed by atoms with E-state index in [0.717, 1.165) is 0 Å². The molecule has 0 bridgehead atoms. The summed E-state index contributed by atoms with van der Waals surface area (Å²) in [6.07, 6.45) is 1.32. The van der Waals surface area contributed by atoms with Crippen LogP contribution in [0, 0.1) is 0 Å². The van der Waals surface area contributed by atoms with Crippen LogP contribution < -0.4 is 9.47 Å². The van der Waals surface area contributed by atoms with Gasteiger partial charge in [-0.25, -0.2) is 4.98 Å². The number of methoxy groups -OCH3 is 1. The lowest BCUT2D eigenvalue weighted by atomic mass is 10.5. The van der Waals surface area contributed by atoms with Gasteiger partial charge in [0.15, 0.2) is 5.15 Å². The predicted octanol–water partition coefficient (Wildman–Crippen LogP) is 1.55. The van der Waals surface area contributed by atoms with Crippen LogP contribution in [0.3, 0.4) is 0 Å². The first kappa shape index (κ1) is 12.0. The van der Waals surface area contributed by atoms with Gasteiger partial charge in [0.2, 0.25) is 5.75 Å². The van der Waals surface area contributed by atoms with E-state index in [1.165, 1.54) is 13.4 Å². The molecular weight excluding hydrogens is 220 g/mol. The molecular formula is C9H13ClN2O3. The number of aromatic nitrogens is 2. The largest absolute Gasteiger partial charge is 0.489 e. The standard InChI is InChI=1S/C9H13ClN2O3/c1-3-14-4-5-15-9-7(13-2)8(10)11-6-12-9/h6H,3-5H2,1-2H3. The van der Waals surface area contributed by atoms with Crippen molar-refractivity contribution in [3.8, 4) is 11.6 Å². The Morgan fingerprint density at radius 3 is 2.80 bits per heavy atom. The number of rotatable bonds is 6. The van der Waals surface area contributed by atoms with Gasteiger partial charge in [0.25, 0.3) is 5.88 Å². The van der Waals surface area contributed by atoms with Crippen molar-refractivity contribution < 1.29 is 14.2 Å². The maximum Gasteiger partial charge on any atom is 0.261 e. The number of hydrogen-bond acceptors (Lipinski definition) is 5. The summed E-state index contributed by atoms with van der Waals surface area (Å²) in [4.78, 5) is 7.68. The number of hydrogen-bond donors (Lipinski definition) is 0. The monoisotopic (exact) mass is 232 g/mol. The zero-order valence-electron chi connectivity index (χ0n) is 8.70. The van der Waals surface area contributed by atoms with Crippen molar-refractivity contribution in [2.24, 2.45) is 0 Å². The molecule has 0 amide bonds. The fraction of sp³-hybridized carbons (Fsp3) is 0.556. The van der Waals surface area contributed by atoms with Crippen LogP contribution in [-0.4, -0.2) is 36.9 Å². The highest BCUT2D eigenvalue weighted by atomic mass is 35.5. The third-order valence-corrected chi connectivity index (χ3v) is 1.87. The number of nitrogens with zero attached hydrogens (tertiary/aromatic N) is 2. The molecule has 0 saturated carbocycles. The molecule has 0 spiro atoms. The molecule has 84 valence electrons. The van der Waals surface area contributed by atoms with Crippen LogP contribution in [0.25, 0.3) is 0 Å². The molecule has 0 saturated heterocycles. The van der Waals surface area contributed by atoms with Gasteiger partial charge in [0.05, 0.1) is 13.7 Å². The first-order valence-electron chi connectivity index (χ1n) is 4.54. The lowest BCUT2D eigenvalue weighted by Crippen LogP contribution is -2.08. The Bertz CT molecular complexity index is 309. The third-order valence-electron chi connectivity index (χ3n) is 1.60. The molecule has 0 radical (unpaired) electrons. The van der Waals surface area contributed by atoms with Crippen LogP contribution in [0.1, 0.15) is 6.92 Å². The molecule has 0 fully saturated rings. The molecule has 0 aliphatic rings. The number of ether oxygens (including phenoxy) is 3. The summed E-state index contributed by atoms with van der Waals surface area (Å²) in [6, 6.07) is 0. The Hall–Kier alpha value is -1.07. The highest BCUT2D eigenvalue weighted by Gasteiger charge is 2.10. The normalized spacial score (nSPS) is 10.1. The van der Waals surface area contributed by atoms with Gasteiger partial charge < -0.3 is 14.2 Å². The maximum atomic E-state index is 5.78. The van der Waals surface area contributed by atoms with Crippen molar-refractivity contribution in [2.45, 2.75) is 6.92 Å². The van der Waals surface area contributed by atoms with E-state index in [0.29, 0.717) is 31.5 Å². The zero-order valence-corrected chi connectivity index (χ0v) is 9.45. The quantitative estimate of drug-likeness (QED) is 0.550. The summed E-state index contributed by atoms with van der Waals surface area (Å²) in [5, 5.41) is 0.235. The predicted molar refractivity (Wildman–Crippen MR) is 55.6 cm³/mol. The van der Waals surface area contributed by atoms with Gasteiger partial charge >= 0.3 is 0 Å². The maximum absolute atomic E-state index is 5.78. The van der Waals surface area contributed by atoms with Gasteiger partial charge in [-0.2, -0.15) is 4.98 Å². The summed E-state index contributed by atoms with van der Waals surface area (Å²) < 4.78 is 15.5. The topological polar surface area (TPSA) is 53.5 Å². The Balaban J connectivity index is 2.56. The van der Waals surface area contributed by atoms with Gasteiger partial charge in [0, 0.05) is 6.61 Å². The Labute approximate surface area is 93.3 Å². The summed E-state index contributed by atoms with van der Waals surface area (Å²) in [5.41, 5.74) is 0. The van der Waals surface area contributed by atoms with Crippen LogP contribution >= 0.6 is 11.6 Å². The fourth-order valence-electron chi connectivity index (χ4n) is 0.953. The van der Waals surface area contributed by atoms with E-state index in [1.54, 1.807) is 0 Å². The minimum absolute atomic E-state index is 0.235. The molecule has 1 rings (SSSR count). The highest BCUT2D eigenvalue weighted by Crippen LogP contribution is 2.29. The Kier molecular flexibility index (Phi) is 5.14. The van der Waals surface area contributed by atoms with Crippen molar-refractivity contribution in [3.63, 3.8) is 0 Å². The van der Waals surface area contributed by atoms with Crippen molar-refractivity contribution in [1.29, 1.82) is 0 Å². The third kappa shape index (κ3) is 3.53. The molecule has 6 heteroatoms. The Morgan fingerprint density at radius 1 is 1.33 bits per heavy atom. The molecule has 1 aromatic rings. The molecule has 1 aromatic heterocycles. The minimum atomic E-state index is 0.235. The van der Waals surface area contributed by atoms with Crippen LogP contribution in [0.5, 0.6) is 11.6 Å². The SMILES string of the molecule is CCOCCOc1ncnc(Cl)c1OC. The van der Waals surface area contributed by atoms with Crippen molar-refractivity contribution >= 4 is 11.6 Å². The van der Waals surface area contributed by atoms with Crippen molar-refractivity contribution in [1.82, 2.24) is 9.97 Å². The smallest absolute Gasteiger partial charge is 0.261 e. The van der Waals surface area contributed by atoms with Gasteiger partial charge in [-0.15, -0.1) is 0 Å². The molecule has 1 heterocycles. The second-order valence-corrected chi connectivity index (χ2v) is 2.91. The summed E-state index contributed by atoms with van der Waals surface area (Å²) in [7, 11) is 1.49.